The van der Waals surface area contributed by atoms with Gasteiger partial charge in [0.25, 0.3) is 11.8 Å². The van der Waals surface area contributed by atoms with Crippen LogP contribution in [0.2, 0.25) is 15.1 Å². The Morgan fingerprint density at radius 2 is 1.02 bits per heavy atom. The molecule has 3 aromatic rings. The molecule has 20 heteroatoms. The lowest BCUT2D eigenvalue weighted by Crippen LogP contribution is -2.36. The number of likely N-dealkylation sites (N-methyl/N-ethyl adjacent to an activating group) is 3. The van der Waals surface area contributed by atoms with Crippen molar-refractivity contribution in [3.63, 3.8) is 0 Å². The molecule has 0 saturated heterocycles. The zero-order valence-electron chi connectivity index (χ0n) is 36.9. The van der Waals surface area contributed by atoms with E-state index in [4.69, 9.17) is 81.8 Å². The van der Waals surface area contributed by atoms with Gasteiger partial charge in [-0.05, 0) is 37.8 Å². The maximum Gasteiger partial charge on any atom is 0.339 e. The minimum Gasteiger partial charge on any atom is -0.496 e. The molecule has 346 valence electrons. The van der Waals surface area contributed by atoms with Crippen LogP contribution in [0.15, 0.2) is 36.4 Å². The van der Waals surface area contributed by atoms with E-state index >= 15 is 0 Å². The van der Waals surface area contributed by atoms with Crippen molar-refractivity contribution < 1.29 is 38.4 Å². The molecular formula is C41H68Cl3N9O8. The number of ether oxygens (including phenoxy) is 4. The summed E-state index contributed by atoms with van der Waals surface area (Å²) in [6.45, 7) is 18.7. The van der Waals surface area contributed by atoms with Gasteiger partial charge in [-0.25, -0.2) is 4.79 Å². The minimum absolute atomic E-state index is 0.00157. The summed E-state index contributed by atoms with van der Waals surface area (Å²) in [6.07, 6.45) is 0. The molecule has 61 heavy (non-hydrogen) atoms. The molecule has 0 heterocycles. The number of nitrogens with two attached hydrogens (primary N) is 4. The molecule has 0 aliphatic heterocycles. The number of halogens is 3. The first-order chi connectivity index (χ1) is 29.1. The van der Waals surface area contributed by atoms with Gasteiger partial charge in [0.2, 0.25) is 0 Å². The van der Waals surface area contributed by atoms with E-state index in [9.17, 15) is 14.4 Å². The largest absolute Gasteiger partial charge is 0.496 e. The van der Waals surface area contributed by atoms with Gasteiger partial charge in [-0.2, -0.15) is 0 Å². The van der Waals surface area contributed by atoms with Crippen molar-refractivity contribution in [1.29, 1.82) is 0 Å². The number of benzene rings is 3. The number of carbonyl (C=O) groups excluding carboxylic acids is 2. The van der Waals surface area contributed by atoms with Crippen LogP contribution in [0.5, 0.6) is 17.2 Å². The number of nitrogens with zero attached hydrogens (tertiary/aromatic N) is 1. The predicted molar refractivity (Wildman–Crippen MR) is 250 cm³/mol. The van der Waals surface area contributed by atoms with Gasteiger partial charge >= 0.3 is 5.97 Å². The predicted octanol–water partition coefficient (Wildman–Crippen LogP) is 5.11. The molecule has 0 spiro atoms. The van der Waals surface area contributed by atoms with E-state index < -0.39 is 5.97 Å². The van der Waals surface area contributed by atoms with Crippen LogP contribution in [-0.4, -0.2) is 128 Å². The van der Waals surface area contributed by atoms with E-state index in [0.717, 1.165) is 45.8 Å². The van der Waals surface area contributed by atoms with Crippen LogP contribution in [0.3, 0.4) is 0 Å². The fraction of sp³-hybridized carbons (Fsp3) is 0.488. The highest BCUT2D eigenvalue weighted by atomic mass is 35.5. The molecule has 0 bridgehead atoms. The third-order valence-electron chi connectivity index (χ3n) is 7.86. The first-order valence-electron chi connectivity index (χ1n) is 19.6. The number of nitrogens with one attached hydrogen (secondary N) is 4. The second kappa shape index (κ2) is 35.2. The number of aromatic carboxylic acids is 1. The number of carboxylic acid groups (broad SMARTS) is 1. The molecule has 17 nitrogen and oxygen atoms in total. The number of carbonyl (C=O) groups is 3. The molecule has 0 unspecified atom stereocenters. The molecule has 0 aliphatic rings. The van der Waals surface area contributed by atoms with Crippen LogP contribution in [-0.2, 0) is 4.74 Å². The molecule has 0 aromatic heterocycles. The summed E-state index contributed by atoms with van der Waals surface area (Å²) >= 11 is 17.5. The number of methoxy groups -OCH3 is 4. The fourth-order valence-electron chi connectivity index (χ4n) is 4.62. The second-order valence-electron chi connectivity index (χ2n) is 12.0. The number of carboxylic acids is 1. The Labute approximate surface area is 376 Å². The molecule has 0 fully saturated rings. The molecule has 0 saturated carbocycles. The number of hydrogen-bond donors (Lipinski definition) is 9. The molecule has 0 radical (unpaired) electrons. The number of amides is 2. The number of nitrogen functional groups attached to an aromatic ring is 3. The highest BCUT2D eigenvalue weighted by molar-refractivity contribution is 6.34. The van der Waals surface area contributed by atoms with Gasteiger partial charge in [0.05, 0.1) is 71.2 Å². The van der Waals surface area contributed by atoms with Crippen molar-refractivity contribution in [3.05, 3.63) is 68.2 Å². The van der Waals surface area contributed by atoms with E-state index in [1.807, 2.05) is 20.8 Å². The molecule has 0 atom stereocenters. The van der Waals surface area contributed by atoms with Crippen LogP contribution in [0.1, 0.15) is 65.7 Å². The zero-order valence-corrected chi connectivity index (χ0v) is 39.2. The van der Waals surface area contributed by atoms with Crippen molar-refractivity contribution in [2.45, 2.75) is 34.6 Å². The molecule has 3 aromatic carbocycles. The van der Waals surface area contributed by atoms with Crippen LogP contribution in [0.25, 0.3) is 0 Å². The molecule has 2 amide bonds. The van der Waals surface area contributed by atoms with E-state index in [-0.39, 0.29) is 28.1 Å². The molecule has 0 aliphatic carbocycles. The van der Waals surface area contributed by atoms with Gasteiger partial charge in [-0.1, -0.05) is 69.4 Å². The van der Waals surface area contributed by atoms with Gasteiger partial charge in [-0.3, -0.25) is 14.5 Å². The third-order valence-corrected chi connectivity index (χ3v) is 8.84. The SMILES string of the molecule is CC.CCN(CCNC(=O)c1cc(Cl)c(N)cc1OC)CCOC.CCNCCN.CCNCCNC(=O)c1cc(Cl)c(N)cc1OC.COc1cc(N)c(Cl)cc1C(=O)O. The number of hydrogen-bond acceptors (Lipinski definition) is 14. The third kappa shape index (κ3) is 23.4. The van der Waals surface area contributed by atoms with Gasteiger partial charge in [-0.15, -0.1) is 0 Å². The van der Waals surface area contributed by atoms with E-state index in [1.165, 1.54) is 45.6 Å². The van der Waals surface area contributed by atoms with Gasteiger partial charge in [0.15, 0.2) is 0 Å². The Kier molecular flexibility index (Phi) is 33.8. The minimum atomic E-state index is -1.10. The lowest BCUT2D eigenvalue weighted by Gasteiger charge is -2.20. The smallest absolute Gasteiger partial charge is 0.339 e. The summed E-state index contributed by atoms with van der Waals surface area (Å²) in [5.74, 6) is -0.537. The van der Waals surface area contributed by atoms with Crippen LogP contribution in [0.4, 0.5) is 17.1 Å². The lowest BCUT2D eigenvalue weighted by atomic mass is 10.1. The topological polar surface area (TPSA) is 264 Å². The van der Waals surface area contributed by atoms with Crippen molar-refractivity contribution in [1.82, 2.24) is 26.2 Å². The average Bonchev–Trinajstić information content (AvgIpc) is 3.26. The van der Waals surface area contributed by atoms with Crippen LogP contribution >= 0.6 is 34.8 Å². The Bertz CT molecular complexity index is 1720. The Hall–Kier alpha value is -4.46. The summed E-state index contributed by atoms with van der Waals surface area (Å²) in [7, 11) is 6.02. The molecule has 3 rings (SSSR count). The monoisotopic (exact) mass is 919 g/mol. The summed E-state index contributed by atoms with van der Waals surface area (Å²) in [4.78, 5) is 37.0. The average molecular weight is 921 g/mol. The van der Waals surface area contributed by atoms with Crippen molar-refractivity contribution >= 4 is 69.6 Å². The first kappa shape index (κ1) is 58.6. The second-order valence-corrected chi connectivity index (χ2v) is 13.2. The number of anilines is 3. The highest BCUT2D eigenvalue weighted by Gasteiger charge is 2.16. The summed E-state index contributed by atoms with van der Waals surface area (Å²) in [5, 5.41) is 21.4. The fourth-order valence-corrected chi connectivity index (χ4v) is 5.11. The maximum absolute atomic E-state index is 12.2. The normalized spacial score (nSPS) is 9.93. The summed E-state index contributed by atoms with van der Waals surface area (Å²) < 4.78 is 20.2. The quantitative estimate of drug-likeness (QED) is 0.0527. The standard InChI is InChI=1S/C15H24ClN3O3.C12H18ClN3O2.C8H8ClNO3.C4H12N2.C2H6/c1-4-19(7-8-21-2)6-5-18-15(20)11-9-12(16)13(17)10-14(11)22-3;1-3-15-4-5-16-12(17)8-6-9(13)10(14)7-11(8)18-2;1-13-7-3-6(10)5(9)2-4(7)8(11)12;1-2-6-4-3-5;1-2/h9-10H,4-8,17H2,1-3H3,(H,18,20);6-7,15H,3-5,14H2,1-2H3,(H,16,17);2-3H,10H2,1H3,(H,11,12);6H,2-5H2,1H3;1-2H3. The van der Waals surface area contributed by atoms with E-state index in [1.54, 1.807) is 19.2 Å². The summed E-state index contributed by atoms with van der Waals surface area (Å²) in [5.41, 5.74) is 23.8. The van der Waals surface area contributed by atoms with Gasteiger partial charge in [0.1, 0.15) is 22.8 Å². The Morgan fingerprint density at radius 1 is 0.623 bits per heavy atom. The van der Waals surface area contributed by atoms with Crippen molar-refractivity contribution in [3.8, 4) is 17.2 Å². The van der Waals surface area contributed by atoms with Crippen molar-refractivity contribution in [2.24, 2.45) is 5.73 Å². The first-order valence-corrected chi connectivity index (χ1v) is 20.8. The van der Waals surface area contributed by atoms with E-state index in [0.29, 0.717) is 76.0 Å². The Morgan fingerprint density at radius 3 is 1.36 bits per heavy atom. The van der Waals surface area contributed by atoms with Crippen LogP contribution < -0.4 is 58.4 Å². The van der Waals surface area contributed by atoms with Crippen molar-refractivity contribution in [2.75, 3.05) is 118 Å². The van der Waals surface area contributed by atoms with Gasteiger partial charge < -0.3 is 68.3 Å². The molecule has 13 N–H and O–H groups in total. The molecular weight excluding hydrogens is 853 g/mol. The van der Waals surface area contributed by atoms with E-state index in [2.05, 4.69) is 40.0 Å². The van der Waals surface area contributed by atoms with Crippen LogP contribution in [0, 0.1) is 0 Å². The Balaban J connectivity index is 0. The van der Waals surface area contributed by atoms with Gasteiger partial charge in [0, 0.05) is 71.1 Å². The lowest BCUT2D eigenvalue weighted by molar-refractivity contribution is 0.0692. The maximum atomic E-state index is 12.2. The zero-order chi connectivity index (χ0) is 46.9. The summed E-state index contributed by atoms with van der Waals surface area (Å²) in [6, 6.07) is 8.77. The number of rotatable bonds is 20. The highest BCUT2D eigenvalue weighted by Crippen LogP contribution is 2.30.